The van der Waals surface area contributed by atoms with Crippen LogP contribution >= 0.6 is 0 Å². The van der Waals surface area contributed by atoms with E-state index >= 15 is 0 Å². The molecule has 1 heteroatoms. The third-order valence-electron chi connectivity index (χ3n) is 4.08. The Morgan fingerprint density at radius 1 is 1.00 bits per heavy atom. The summed E-state index contributed by atoms with van der Waals surface area (Å²) >= 11 is 0. The molecule has 0 aliphatic heterocycles. The zero-order valence-corrected chi connectivity index (χ0v) is 10.8. The van der Waals surface area contributed by atoms with Gasteiger partial charge >= 0.3 is 0 Å². The van der Waals surface area contributed by atoms with Gasteiger partial charge in [0, 0.05) is 8.07 Å². The lowest BCUT2D eigenvalue weighted by molar-refractivity contribution is 0.450. The lowest BCUT2D eigenvalue weighted by atomic mass is 9.87. The van der Waals surface area contributed by atoms with Crippen LogP contribution in [-0.4, -0.2) is 8.07 Å². The van der Waals surface area contributed by atoms with Crippen molar-refractivity contribution in [1.82, 2.24) is 0 Å². The van der Waals surface area contributed by atoms with Crippen LogP contribution in [-0.2, 0) is 0 Å². The normalized spacial score (nSPS) is 41.4. The van der Waals surface area contributed by atoms with E-state index in [4.69, 9.17) is 0 Å². The van der Waals surface area contributed by atoms with E-state index in [0.29, 0.717) is 0 Å². The average Bonchev–Trinajstić information content (AvgIpc) is 2.44. The minimum Gasteiger partial charge on any atom is -0.0808 e. The Hall–Kier alpha value is -0.303. The summed E-state index contributed by atoms with van der Waals surface area (Å²) in [5.41, 5.74) is 1.00. The average molecular weight is 206 g/mol. The Morgan fingerprint density at radius 2 is 1.57 bits per heavy atom. The fourth-order valence-corrected chi connectivity index (χ4v) is 5.83. The van der Waals surface area contributed by atoms with E-state index < -0.39 is 8.07 Å². The summed E-state index contributed by atoms with van der Waals surface area (Å²) < 4.78 is 0. The van der Waals surface area contributed by atoms with Gasteiger partial charge in [-0.1, -0.05) is 50.9 Å². The van der Waals surface area contributed by atoms with Crippen LogP contribution in [0, 0.1) is 17.8 Å². The molecule has 2 aliphatic carbocycles. The van der Waals surface area contributed by atoms with Crippen LogP contribution in [0.4, 0.5) is 0 Å². The van der Waals surface area contributed by atoms with Crippen LogP contribution in [0.1, 0.15) is 13.3 Å². The highest BCUT2D eigenvalue weighted by Crippen LogP contribution is 2.52. The number of hydrogen-bond acceptors (Lipinski definition) is 0. The smallest absolute Gasteiger partial charge is 0.0479 e. The second-order valence-corrected chi connectivity index (χ2v) is 11.6. The van der Waals surface area contributed by atoms with Gasteiger partial charge in [0.15, 0.2) is 0 Å². The molecule has 0 saturated heterocycles. The van der Waals surface area contributed by atoms with E-state index in [2.05, 4.69) is 50.9 Å². The van der Waals surface area contributed by atoms with Gasteiger partial charge in [-0.2, -0.15) is 0 Å². The fraction of sp³-hybridized carbons (Fsp3) is 0.692. The molecule has 78 valence electrons. The summed E-state index contributed by atoms with van der Waals surface area (Å²) in [6.07, 6.45) is 10.9. The lowest BCUT2D eigenvalue weighted by Gasteiger charge is -2.31. The molecule has 0 aromatic rings. The monoisotopic (exact) mass is 206 g/mol. The predicted octanol–water partition coefficient (Wildman–Crippen LogP) is 4.09. The van der Waals surface area contributed by atoms with Crippen LogP contribution in [0.3, 0.4) is 0 Å². The van der Waals surface area contributed by atoms with Crippen molar-refractivity contribution in [3.8, 4) is 0 Å². The first-order chi connectivity index (χ1) is 6.50. The van der Waals surface area contributed by atoms with Gasteiger partial charge in [0.2, 0.25) is 0 Å². The van der Waals surface area contributed by atoms with Gasteiger partial charge in [0.25, 0.3) is 0 Å². The number of allylic oxidation sites excluding steroid dienone is 4. The second kappa shape index (κ2) is 3.37. The van der Waals surface area contributed by atoms with Gasteiger partial charge in [0.1, 0.15) is 0 Å². The van der Waals surface area contributed by atoms with Crippen LogP contribution in [0.15, 0.2) is 24.3 Å². The zero-order valence-electron chi connectivity index (χ0n) is 9.83. The molecule has 0 aromatic heterocycles. The molecule has 1 saturated carbocycles. The minimum absolute atomic E-state index is 0.844. The summed E-state index contributed by atoms with van der Waals surface area (Å²) in [6, 6.07) is 0. The van der Waals surface area contributed by atoms with Crippen LogP contribution in [0.25, 0.3) is 0 Å². The van der Waals surface area contributed by atoms with E-state index in [-0.39, 0.29) is 0 Å². The molecule has 0 radical (unpaired) electrons. The van der Waals surface area contributed by atoms with Crippen molar-refractivity contribution in [3.05, 3.63) is 24.3 Å². The minimum atomic E-state index is -0.959. The maximum atomic E-state index is 2.53. The highest BCUT2D eigenvalue weighted by molar-refractivity contribution is 6.77. The van der Waals surface area contributed by atoms with Crippen molar-refractivity contribution in [2.45, 2.75) is 38.5 Å². The van der Waals surface area contributed by atoms with Crippen molar-refractivity contribution in [3.63, 3.8) is 0 Å². The first kappa shape index (κ1) is 10.2. The molecule has 0 N–H and O–H groups in total. The molecule has 2 rings (SSSR count). The van der Waals surface area contributed by atoms with Crippen LogP contribution < -0.4 is 0 Å². The summed E-state index contributed by atoms with van der Waals surface area (Å²) in [5.74, 6) is 2.61. The maximum absolute atomic E-state index is 2.53. The molecule has 4 unspecified atom stereocenters. The molecule has 0 heterocycles. The maximum Gasteiger partial charge on any atom is 0.0479 e. The largest absolute Gasteiger partial charge is 0.0808 e. The van der Waals surface area contributed by atoms with E-state index in [1.807, 2.05) is 0 Å². The van der Waals surface area contributed by atoms with Crippen molar-refractivity contribution in [1.29, 1.82) is 0 Å². The molecule has 14 heavy (non-hydrogen) atoms. The highest BCUT2D eigenvalue weighted by atomic mass is 28.3. The zero-order chi connectivity index (χ0) is 10.3. The van der Waals surface area contributed by atoms with Gasteiger partial charge in [-0.25, -0.2) is 0 Å². The number of fused-ring (bicyclic) bond motifs is 1. The lowest BCUT2D eigenvalue weighted by Crippen LogP contribution is -2.31. The Morgan fingerprint density at radius 3 is 2.14 bits per heavy atom. The SMILES string of the molecule is CC1CC([Si](C)(C)C)C2C=CC=CC12. The van der Waals surface area contributed by atoms with E-state index in [0.717, 1.165) is 23.3 Å². The summed E-state index contributed by atoms with van der Waals surface area (Å²) in [7, 11) is -0.959. The Labute approximate surface area is 89.1 Å². The van der Waals surface area contributed by atoms with Crippen LogP contribution in [0.5, 0.6) is 0 Å². The highest BCUT2D eigenvalue weighted by Gasteiger charge is 2.44. The Balaban J connectivity index is 2.24. The summed E-state index contributed by atoms with van der Waals surface area (Å²) in [4.78, 5) is 0. The van der Waals surface area contributed by atoms with Crippen molar-refractivity contribution in [2.24, 2.45) is 17.8 Å². The number of rotatable bonds is 1. The fourth-order valence-electron chi connectivity index (χ4n) is 3.26. The molecule has 0 spiro atoms. The molecule has 4 atom stereocenters. The van der Waals surface area contributed by atoms with E-state index in [9.17, 15) is 0 Å². The summed E-state index contributed by atoms with van der Waals surface area (Å²) in [6.45, 7) is 10.0. The summed E-state index contributed by atoms with van der Waals surface area (Å²) in [5, 5.41) is 0. The molecule has 0 nitrogen and oxygen atoms in total. The van der Waals surface area contributed by atoms with Gasteiger partial charge in [-0.05, 0) is 29.7 Å². The Kier molecular flexibility index (Phi) is 2.46. The predicted molar refractivity (Wildman–Crippen MR) is 66.1 cm³/mol. The van der Waals surface area contributed by atoms with E-state index in [1.165, 1.54) is 6.42 Å². The van der Waals surface area contributed by atoms with Crippen molar-refractivity contribution >= 4 is 8.07 Å². The standard InChI is InChI=1S/C13H22Si/c1-10-9-13(14(2,3)4)12-8-6-5-7-11(10)12/h5-8,10-13H,9H2,1-4H3. The van der Waals surface area contributed by atoms with E-state index in [1.54, 1.807) is 0 Å². The van der Waals surface area contributed by atoms with Crippen LogP contribution in [0.2, 0.25) is 25.2 Å². The molecule has 0 aromatic carbocycles. The third kappa shape index (κ3) is 1.63. The second-order valence-electron chi connectivity index (χ2n) is 6.11. The molecule has 0 amide bonds. The van der Waals surface area contributed by atoms with Gasteiger partial charge in [0.05, 0.1) is 0 Å². The van der Waals surface area contributed by atoms with Crippen molar-refractivity contribution in [2.75, 3.05) is 0 Å². The third-order valence-corrected chi connectivity index (χ3v) is 6.93. The van der Waals surface area contributed by atoms with Crippen molar-refractivity contribution < 1.29 is 0 Å². The molecule has 1 fully saturated rings. The topological polar surface area (TPSA) is 0 Å². The first-order valence-corrected chi connectivity index (χ1v) is 9.43. The molecular formula is C13H22Si. The first-order valence-electron chi connectivity index (χ1n) is 5.85. The molecule has 2 aliphatic rings. The molecule has 0 bridgehead atoms. The Bertz CT molecular complexity index is 269. The van der Waals surface area contributed by atoms with Gasteiger partial charge in [-0.3, -0.25) is 0 Å². The quantitative estimate of drug-likeness (QED) is 0.567. The molecular weight excluding hydrogens is 184 g/mol. The number of hydrogen-bond donors (Lipinski definition) is 0. The van der Waals surface area contributed by atoms with Gasteiger partial charge < -0.3 is 0 Å². The van der Waals surface area contributed by atoms with Gasteiger partial charge in [-0.15, -0.1) is 0 Å².